The largest absolute Gasteiger partial charge is 0.278 e. The van der Waals surface area contributed by atoms with Crippen LogP contribution < -0.4 is 0 Å². The summed E-state index contributed by atoms with van der Waals surface area (Å²) in [7, 11) is 0. The van der Waals surface area contributed by atoms with E-state index in [4.69, 9.17) is 15.0 Å². The second-order valence-electron chi connectivity index (χ2n) is 15.1. The number of para-hydroxylation sites is 4. The topological polar surface area (TPSA) is 48.5 Å². The highest BCUT2D eigenvalue weighted by molar-refractivity contribution is 8.00. The van der Waals surface area contributed by atoms with Crippen LogP contribution in [0.1, 0.15) is 22.3 Å². The Bertz CT molecular complexity index is 3240. The molecule has 5 nitrogen and oxygen atoms in total. The van der Waals surface area contributed by atoms with Gasteiger partial charge in [-0.1, -0.05) is 169 Å². The fourth-order valence-electron chi connectivity index (χ4n) is 9.76. The van der Waals surface area contributed by atoms with E-state index in [0.717, 1.165) is 54.1 Å². The first kappa shape index (κ1) is 33.1. The highest BCUT2D eigenvalue weighted by atomic mass is 32.2. The maximum Gasteiger partial charge on any atom is 0.240 e. The summed E-state index contributed by atoms with van der Waals surface area (Å²) in [5.41, 5.74) is 9.72. The first-order valence-corrected chi connectivity index (χ1v) is 21.4. The van der Waals surface area contributed by atoms with E-state index >= 15 is 0 Å². The fraction of sp³-hybridized carbons (Fsp3) is 0.0192. The summed E-state index contributed by atoms with van der Waals surface area (Å²) in [5, 5.41) is 4.62. The van der Waals surface area contributed by atoms with Gasteiger partial charge in [-0.05, 0) is 64.7 Å². The van der Waals surface area contributed by atoms with Gasteiger partial charge in [0.05, 0.1) is 27.5 Å². The Balaban J connectivity index is 1.15. The van der Waals surface area contributed by atoms with Crippen LogP contribution in [0.15, 0.2) is 208 Å². The third-order valence-electron chi connectivity index (χ3n) is 12.1. The van der Waals surface area contributed by atoms with Crippen LogP contribution in [-0.2, 0) is 5.41 Å². The van der Waals surface area contributed by atoms with Crippen LogP contribution in [-0.4, -0.2) is 24.1 Å². The van der Waals surface area contributed by atoms with Crippen molar-refractivity contribution >= 4 is 67.1 Å². The molecule has 0 radical (unpaired) electrons. The van der Waals surface area contributed by atoms with E-state index in [1.807, 2.05) is 23.5 Å². The summed E-state index contributed by atoms with van der Waals surface area (Å²) >= 11 is 3.68. The number of benzene rings is 8. The van der Waals surface area contributed by atoms with E-state index in [2.05, 4.69) is 197 Å². The van der Waals surface area contributed by atoms with Gasteiger partial charge in [-0.2, -0.15) is 15.0 Å². The molecule has 5 heterocycles. The van der Waals surface area contributed by atoms with Crippen molar-refractivity contribution < 1.29 is 0 Å². The van der Waals surface area contributed by atoms with Crippen LogP contribution >= 0.6 is 23.5 Å². The molecule has 0 atom stereocenters. The molecule has 0 aliphatic carbocycles. The van der Waals surface area contributed by atoms with E-state index in [0.29, 0.717) is 17.7 Å². The lowest BCUT2D eigenvalue weighted by Gasteiger charge is -2.45. The average molecular weight is 790 g/mol. The van der Waals surface area contributed by atoms with Gasteiger partial charge in [0.15, 0.2) is 5.82 Å². The Hall–Kier alpha value is -6.93. The van der Waals surface area contributed by atoms with Gasteiger partial charge in [0.25, 0.3) is 0 Å². The third kappa shape index (κ3) is 4.57. The van der Waals surface area contributed by atoms with E-state index in [9.17, 15) is 0 Å². The molecule has 59 heavy (non-hydrogen) atoms. The molecule has 1 spiro atoms. The molecule has 13 rings (SSSR count). The van der Waals surface area contributed by atoms with Gasteiger partial charge in [-0.3, -0.25) is 9.13 Å². The molecular formula is C52H31N5S2. The van der Waals surface area contributed by atoms with Crippen LogP contribution in [0.25, 0.3) is 66.9 Å². The molecule has 3 aromatic heterocycles. The fourth-order valence-corrected chi connectivity index (χ4v) is 12.3. The second-order valence-corrected chi connectivity index (χ2v) is 17.3. The Kier molecular flexibility index (Phi) is 7.03. The molecule has 0 N–H and O–H groups in total. The molecule has 11 aromatic rings. The normalized spacial score (nSPS) is 13.8. The number of hydrogen-bond acceptors (Lipinski definition) is 5. The second kappa shape index (κ2) is 12.5. The lowest BCUT2D eigenvalue weighted by Crippen LogP contribution is -2.36. The van der Waals surface area contributed by atoms with Crippen molar-refractivity contribution in [1.82, 2.24) is 24.1 Å². The van der Waals surface area contributed by atoms with Crippen molar-refractivity contribution in [3.05, 3.63) is 210 Å². The summed E-state index contributed by atoms with van der Waals surface area (Å²) in [6.07, 6.45) is 0. The molecule has 0 fully saturated rings. The minimum atomic E-state index is -0.552. The van der Waals surface area contributed by atoms with Gasteiger partial charge in [0.1, 0.15) is 0 Å². The maximum atomic E-state index is 5.51. The van der Waals surface area contributed by atoms with E-state index < -0.39 is 5.41 Å². The lowest BCUT2D eigenvalue weighted by atomic mass is 9.64. The highest BCUT2D eigenvalue weighted by Crippen LogP contribution is 2.62. The van der Waals surface area contributed by atoms with Crippen LogP contribution in [0, 0.1) is 0 Å². The van der Waals surface area contributed by atoms with Gasteiger partial charge in [-0.15, -0.1) is 0 Å². The van der Waals surface area contributed by atoms with Crippen LogP contribution in [0.2, 0.25) is 0 Å². The van der Waals surface area contributed by atoms with Crippen molar-refractivity contribution in [3.63, 3.8) is 0 Å². The van der Waals surface area contributed by atoms with Crippen molar-refractivity contribution in [2.24, 2.45) is 0 Å². The summed E-state index contributed by atoms with van der Waals surface area (Å²) < 4.78 is 4.41. The van der Waals surface area contributed by atoms with Crippen LogP contribution in [0.3, 0.4) is 0 Å². The summed E-state index contributed by atoms with van der Waals surface area (Å²) in [6.45, 7) is 0. The molecule has 0 saturated heterocycles. The molecule has 2 aliphatic heterocycles. The molecule has 0 amide bonds. The smallest absolute Gasteiger partial charge is 0.240 e. The molecule has 0 bridgehead atoms. The van der Waals surface area contributed by atoms with Crippen LogP contribution in [0.4, 0.5) is 0 Å². The standard InChI is InChI=1S/C52H31N5S2/c1-8-25-41-32(16-1)33-17-2-9-26-42(33)56(41)50-53-49(54-51(55-50)57-43-27-10-3-18-34(43)35-19-4-11-28-44(35)57)36-20-15-24-40-48(36)59-47-31-14-7-23-39(47)52(40)37-21-5-12-29-45(37)58-46-30-13-6-22-38(46)52/h1-31H. The Morgan fingerprint density at radius 1 is 0.339 bits per heavy atom. The van der Waals surface area contributed by atoms with Gasteiger partial charge < -0.3 is 0 Å². The van der Waals surface area contributed by atoms with Crippen molar-refractivity contribution in [2.45, 2.75) is 25.0 Å². The molecule has 276 valence electrons. The van der Waals surface area contributed by atoms with E-state index in [1.165, 1.54) is 36.9 Å². The predicted molar refractivity (Wildman–Crippen MR) is 240 cm³/mol. The number of nitrogens with zero attached hydrogens (tertiary/aromatic N) is 5. The number of hydrogen-bond donors (Lipinski definition) is 0. The van der Waals surface area contributed by atoms with Crippen LogP contribution in [0.5, 0.6) is 0 Å². The molecule has 8 aromatic carbocycles. The monoisotopic (exact) mass is 789 g/mol. The van der Waals surface area contributed by atoms with Crippen molar-refractivity contribution in [3.8, 4) is 23.3 Å². The SMILES string of the molecule is c1ccc2c(c1)Sc1ccccc1C21c2ccccc2Sc2c(-c3nc(-n4c5ccccc5c5ccccc54)nc(-n4c5ccccc5c5ccccc54)n3)cccc21. The zero-order chi connectivity index (χ0) is 38.7. The molecular weight excluding hydrogens is 759 g/mol. The number of fused-ring (bicyclic) bond motifs is 14. The number of aromatic nitrogens is 5. The summed E-state index contributed by atoms with van der Waals surface area (Å²) in [4.78, 5) is 21.4. The van der Waals surface area contributed by atoms with E-state index in [-0.39, 0.29) is 0 Å². The zero-order valence-corrected chi connectivity index (χ0v) is 33.1. The van der Waals surface area contributed by atoms with Crippen molar-refractivity contribution in [2.75, 3.05) is 0 Å². The molecule has 7 heteroatoms. The maximum absolute atomic E-state index is 5.51. The lowest BCUT2D eigenvalue weighted by molar-refractivity contribution is 0.667. The molecule has 0 saturated carbocycles. The molecule has 2 aliphatic rings. The Labute approximate surface area is 348 Å². The number of rotatable bonds is 3. The Morgan fingerprint density at radius 2 is 0.712 bits per heavy atom. The van der Waals surface area contributed by atoms with E-state index in [1.54, 1.807) is 0 Å². The van der Waals surface area contributed by atoms with Crippen molar-refractivity contribution in [1.29, 1.82) is 0 Å². The Morgan fingerprint density at radius 3 is 1.17 bits per heavy atom. The average Bonchev–Trinajstić information content (AvgIpc) is 3.82. The van der Waals surface area contributed by atoms with Gasteiger partial charge in [0.2, 0.25) is 11.9 Å². The van der Waals surface area contributed by atoms with Gasteiger partial charge >= 0.3 is 0 Å². The molecule has 0 unspecified atom stereocenters. The first-order chi connectivity index (χ1) is 29.3. The third-order valence-corrected chi connectivity index (χ3v) is 14.5. The predicted octanol–water partition coefficient (Wildman–Crippen LogP) is 13.0. The minimum absolute atomic E-state index is 0.552. The van der Waals surface area contributed by atoms with Gasteiger partial charge in [-0.25, -0.2) is 0 Å². The van der Waals surface area contributed by atoms with Gasteiger partial charge in [0, 0.05) is 46.7 Å². The highest BCUT2D eigenvalue weighted by Gasteiger charge is 2.49. The summed E-state index contributed by atoms with van der Waals surface area (Å²) in [5.74, 6) is 1.77. The quantitative estimate of drug-likeness (QED) is 0.178. The minimum Gasteiger partial charge on any atom is -0.278 e. The summed E-state index contributed by atoms with van der Waals surface area (Å²) in [6, 6.07) is 67.7. The first-order valence-electron chi connectivity index (χ1n) is 19.8. The zero-order valence-electron chi connectivity index (χ0n) is 31.5.